The van der Waals surface area contributed by atoms with Crippen LogP contribution in [0.1, 0.15) is 5.82 Å². The van der Waals surface area contributed by atoms with Crippen LogP contribution < -0.4 is 11.1 Å². The highest BCUT2D eigenvalue weighted by Gasteiger charge is 2.03. The van der Waals surface area contributed by atoms with Crippen LogP contribution in [0.2, 0.25) is 0 Å². The Hall–Kier alpha value is -1.70. The van der Waals surface area contributed by atoms with Crippen LogP contribution in [0.15, 0.2) is 17.0 Å². The smallest absolute Gasteiger partial charge is 0.226 e. The van der Waals surface area contributed by atoms with Crippen LogP contribution in [0.4, 0.5) is 11.8 Å². The van der Waals surface area contributed by atoms with Crippen molar-refractivity contribution >= 4 is 27.7 Å². The third-order valence-electron chi connectivity index (χ3n) is 1.92. The number of rotatable bonds is 3. The van der Waals surface area contributed by atoms with E-state index in [1.165, 1.54) is 0 Å². The summed E-state index contributed by atoms with van der Waals surface area (Å²) >= 11 is 3.24. The van der Waals surface area contributed by atoms with Crippen molar-refractivity contribution in [1.82, 2.24) is 24.7 Å². The minimum Gasteiger partial charge on any atom is -0.383 e. The number of nitrogen functional groups attached to an aromatic ring is 1. The molecule has 2 rings (SSSR count). The van der Waals surface area contributed by atoms with Crippen LogP contribution in [0.25, 0.3) is 0 Å². The van der Waals surface area contributed by atoms with E-state index in [1.54, 1.807) is 12.4 Å². The molecular weight excluding hydrogens is 274 g/mol. The Morgan fingerprint density at radius 3 is 2.94 bits per heavy atom. The molecule has 2 aromatic heterocycles. The fourth-order valence-electron chi connectivity index (χ4n) is 1.14. The van der Waals surface area contributed by atoms with Crippen molar-refractivity contribution < 1.29 is 0 Å². The van der Waals surface area contributed by atoms with E-state index in [1.807, 2.05) is 11.6 Å². The normalized spacial score (nSPS) is 10.4. The van der Waals surface area contributed by atoms with Gasteiger partial charge in [-0.25, -0.2) is 4.98 Å². The maximum atomic E-state index is 5.58. The first-order valence-corrected chi connectivity index (χ1v) is 5.31. The Balaban J connectivity index is 2.07. The van der Waals surface area contributed by atoms with Gasteiger partial charge in [-0.15, -0.1) is 10.2 Å². The Kier molecular flexibility index (Phi) is 3.00. The van der Waals surface area contributed by atoms with Crippen LogP contribution in [-0.2, 0) is 13.6 Å². The summed E-state index contributed by atoms with van der Waals surface area (Å²) in [7, 11) is 1.87. The largest absolute Gasteiger partial charge is 0.383 e. The molecule has 0 atom stereocenters. The molecule has 0 amide bonds. The number of nitrogens with one attached hydrogen (secondary N) is 1. The van der Waals surface area contributed by atoms with E-state index in [0.29, 0.717) is 22.9 Å². The highest BCUT2D eigenvalue weighted by atomic mass is 79.9. The molecule has 0 unspecified atom stereocenters. The molecule has 84 valence electrons. The summed E-state index contributed by atoms with van der Waals surface area (Å²) in [4.78, 5) is 8.15. The number of halogens is 1. The molecule has 2 heterocycles. The summed E-state index contributed by atoms with van der Waals surface area (Å²) in [5.41, 5.74) is 5.58. The SMILES string of the molecule is Cn1cnnc1CNc1nc(N)cc(Br)n1. The monoisotopic (exact) mass is 283 g/mol. The first-order chi connectivity index (χ1) is 7.65. The quantitative estimate of drug-likeness (QED) is 0.800. The Bertz CT molecular complexity index is 475. The second-order valence-corrected chi connectivity index (χ2v) is 3.96. The number of aromatic nitrogens is 5. The Labute approximate surface area is 100 Å². The first-order valence-electron chi connectivity index (χ1n) is 4.52. The van der Waals surface area contributed by atoms with Crippen molar-refractivity contribution in [2.75, 3.05) is 11.1 Å². The van der Waals surface area contributed by atoms with Crippen LogP contribution in [-0.4, -0.2) is 24.7 Å². The van der Waals surface area contributed by atoms with Gasteiger partial charge in [0.2, 0.25) is 5.95 Å². The number of nitrogens with two attached hydrogens (primary N) is 1. The second kappa shape index (κ2) is 4.44. The van der Waals surface area contributed by atoms with Crippen LogP contribution in [0.3, 0.4) is 0 Å². The molecule has 16 heavy (non-hydrogen) atoms. The van der Waals surface area contributed by atoms with E-state index >= 15 is 0 Å². The molecule has 0 fully saturated rings. The van der Waals surface area contributed by atoms with Crippen molar-refractivity contribution in [2.45, 2.75) is 6.54 Å². The molecule has 0 radical (unpaired) electrons. The van der Waals surface area contributed by atoms with Crippen LogP contribution in [0, 0.1) is 0 Å². The number of anilines is 2. The summed E-state index contributed by atoms with van der Waals surface area (Å²) in [5.74, 6) is 1.65. The predicted molar refractivity (Wildman–Crippen MR) is 62.5 cm³/mol. The van der Waals surface area contributed by atoms with E-state index in [9.17, 15) is 0 Å². The van der Waals surface area contributed by atoms with E-state index in [2.05, 4.69) is 41.4 Å². The Morgan fingerprint density at radius 2 is 2.31 bits per heavy atom. The highest BCUT2D eigenvalue weighted by molar-refractivity contribution is 9.10. The molecule has 0 aliphatic carbocycles. The van der Waals surface area contributed by atoms with Gasteiger partial charge in [0.05, 0.1) is 6.54 Å². The molecule has 2 aromatic rings. The number of hydrogen-bond donors (Lipinski definition) is 2. The standard InChI is InChI=1S/C8H10BrN7/c1-16-4-12-15-7(16)3-11-8-13-5(9)2-6(10)14-8/h2,4H,3H2,1H3,(H3,10,11,13,14). The summed E-state index contributed by atoms with van der Waals surface area (Å²) in [6.45, 7) is 0.492. The third kappa shape index (κ3) is 2.45. The molecule has 0 aromatic carbocycles. The van der Waals surface area contributed by atoms with E-state index in [0.717, 1.165) is 5.82 Å². The van der Waals surface area contributed by atoms with Gasteiger partial charge in [0.15, 0.2) is 5.82 Å². The average Bonchev–Trinajstić information content (AvgIpc) is 2.59. The second-order valence-electron chi connectivity index (χ2n) is 3.15. The molecule has 0 saturated carbocycles. The lowest BCUT2D eigenvalue weighted by Crippen LogP contribution is -2.09. The van der Waals surface area contributed by atoms with Gasteiger partial charge in [-0.1, -0.05) is 0 Å². The number of nitrogens with zero attached hydrogens (tertiary/aromatic N) is 5. The lowest BCUT2D eigenvalue weighted by molar-refractivity contribution is 0.807. The van der Waals surface area contributed by atoms with E-state index in [-0.39, 0.29) is 0 Å². The fourth-order valence-corrected chi connectivity index (χ4v) is 1.54. The van der Waals surface area contributed by atoms with Gasteiger partial charge in [-0.3, -0.25) is 0 Å². The van der Waals surface area contributed by atoms with Crippen molar-refractivity contribution in [2.24, 2.45) is 7.05 Å². The van der Waals surface area contributed by atoms with Crippen molar-refractivity contribution in [3.05, 3.63) is 22.8 Å². The highest BCUT2D eigenvalue weighted by Crippen LogP contribution is 2.12. The molecular formula is C8H10BrN7. The zero-order chi connectivity index (χ0) is 11.5. The summed E-state index contributed by atoms with van der Waals surface area (Å²) in [5, 5.41) is 10.7. The molecule has 7 nitrogen and oxygen atoms in total. The zero-order valence-corrected chi connectivity index (χ0v) is 10.1. The third-order valence-corrected chi connectivity index (χ3v) is 2.33. The van der Waals surface area contributed by atoms with Gasteiger partial charge >= 0.3 is 0 Å². The minimum atomic E-state index is 0.405. The average molecular weight is 284 g/mol. The van der Waals surface area contributed by atoms with E-state index in [4.69, 9.17) is 5.73 Å². The number of hydrogen-bond acceptors (Lipinski definition) is 6. The van der Waals surface area contributed by atoms with Crippen LogP contribution in [0.5, 0.6) is 0 Å². The van der Waals surface area contributed by atoms with Gasteiger partial charge in [0.1, 0.15) is 16.7 Å². The summed E-state index contributed by atoms with van der Waals surface area (Å²) < 4.78 is 2.45. The predicted octanol–water partition coefficient (Wildman–Crippen LogP) is 0.562. The van der Waals surface area contributed by atoms with Gasteiger partial charge in [0.25, 0.3) is 0 Å². The van der Waals surface area contributed by atoms with Crippen molar-refractivity contribution in [1.29, 1.82) is 0 Å². The first kappa shape index (κ1) is 10.8. The van der Waals surface area contributed by atoms with Gasteiger partial charge in [0, 0.05) is 13.1 Å². The maximum absolute atomic E-state index is 5.58. The van der Waals surface area contributed by atoms with Gasteiger partial charge in [-0.2, -0.15) is 4.98 Å². The lowest BCUT2D eigenvalue weighted by atomic mass is 10.5. The maximum Gasteiger partial charge on any atom is 0.226 e. The number of aryl methyl sites for hydroxylation is 1. The molecule has 0 saturated heterocycles. The van der Waals surface area contributed by atoms with Crippen molar-refractivity contribution in [3.63, 3.8) is 0 Å². The van der Waals surface area contributed by atoms with Gasteiger partial charge < -0.3 is 15.6 Å². The molecule has 0 aliphatic rings. The molecule has 0 aliphatic heterocycles. The molecule has 0 bridgehead atoms. The van der Waals surface area contributed by atoms with Crippen molar-refractivity contribution in [3.8, 4) is 0 Å². The zero-order valence-electron chi connectivity index (χ0n) is 8.55. The van der Waals surface area contributed by atoms with Gasteiger partial charge in [-0.05, 0) is 15.9 Å². The summed E-state index contributed by atoms with van der Waals surface area (Å²) in [6, 6.07) is 1.63. The topological polar surface area (TPSA) is 94.5 Å². The molecule has 8 heteroatoms. The van der Waals surface area contributed by atoms with E-state index < -0.39 is 0 Å². The summed E-state index contributed by atoms with van der Waals surface area (Å²) in [6.07, 6.45) is 1.63. The molecule has 0 spiro atoms. The molecule has 3 N–H and O–H groups in total. The Morgan fingerprint density at radius 1 is 1.50 bits per heavy atom. The fraction of sp³-hybridized carbons (Fsp3) is 0.250. The minimum absolute atomic E-state index is 0.405. The van der Waals surface area contributed by atoms with Crippen LogP contribution >= 0.6 is 15.9 Å². The lowest BCUT2D eigenvalue weighted by Gasteiger charge is -2.04.